The predicted octanol–water partition coefficient (Wildman–Crippen LogP) is -0.628. The Balaban J connectivity index is 4.22. The fourth-order valence-electron chi connectivity index (χ4n) is 1.18. The Morgan fingerprint density at radius 2 is 1.59 bits per heavy atom. The molecule has 0 aromatic rings. The van der Waals surface area contributed by atoms with Crippen LogP contribution in [0, 0.1) is 0 Å². The highest BCUT2D eigenvalue weighted by molar-refractivity contribution is 5.85. The largest absolute Gasteiger partial charge is 0.480 e. The molecule has 7 heteroatoms. The predicted molar refractivity (Wildman–Crippen MR) is 59.6 cm³/mol. The van der Waals surface area contributed by atoms with E-state index in [1.54, 1.807) is 0 Å². The molecule has 0 aliphatic heterocycles. The Morgan fingerprint density at radius 3 is 1.94 bits per heavy atom. The highest BCUT2D eigenvalue weighted by Crippen LogP contribution is 1.95. The van der Waals surface area contributed by atoms with E-state index in [0.29, 0.717) is 6.54 Å². The summed E-state index contributed by atoms with van der Waals surface area (Å²) in [5.41, 5.74) is 0. The number of amides is 1. The molecule has 98 valence electrons. The monoisotopic (exact) mass is 246 g/mol. The molecule has 0 aromatic heterocycles. The van der Waals surface area contributed by atoms with E-state index in [9.17, 15) is 14.4 Å². The number of hydrogen-bond donors (Lipinski definition) is 3. The van der Waals surface area contributed by atoms with Crippen LogP contribution in [0.3, 0.4) is 0 Å². The fourth-order valence-corrected chi connectivity index (χ4v) is 1.18. The lowest BCUT2D eigenvalue weighted by molar-refractivity contribution is -0.149. The SMILES string of the molecule is CC(C)NCCC(=O)N(CC(=O)O)CC(=O)O. The van der Waals surface area contributed by atoms with Crippen molar-refractivity contribution in [1.82, 2.24) is 10.2 Å². The van der Waals surface area contributed by atoms with E-state index in [-0.39, 0.29) is 12.5 Å². The number of nitrogens with one attached hydrogen (secondary N) is 1. The third-order valence-corrected chi connectivity index (χ3v) is 1.90. The first-order chi connectivity index (χ1) is 7.82. The third-order valence-electron chi connectivity index (χ3n) is 1.90. The Labute approximate surface area is 99.4 Å². The summed E-state index contributed by atoms with van der Waals surface area (Å²) in [7, 11) is 0. The van der Waals surface area contributed by atoms with Gasteiger partial charge in [0, 0.05) is 19.0 Å². The van der Waals surface area contributed by atoms with Crippen molar-refractivity contribution in [3.8, 4) is 0 Å². The van der Waals surface area contributed by atoms with Gasteiger partial charge >= 0.3 is 11.9 Å². The zero-order valence-corrected chi connectivity index (χ0v) is 9.97. The molecule has 3 N–H and O–H groups in total. The summed E-state index contributed by atoms with van der Waals surface area (Å²) in [4.78, 5) is 33.3. The first-order valence-corrected chi connectivity index (χ1v) is 5.27. The molecule has 7 nitrogen and oxygen atoms in total. The van der Waals surface area contributed by atoms with Crippen LogP contribution in [-0.4, -0.2) is 58.6 Å². The summed E-state index contributed by atoms with van der Waals surface area (Å²) in [6, 6.07) is 0.218. The molecule has 0 saturated carbocycles. The topological polar surface area (TPSA) is 107 Å². The van der Waals surface area contributed by atoms with Crippen molar-refractivity contribution in [1.29, 1.82) is 0 Å². The van der Waals surface area contributed by atoms with E-state index >= 15 is 0 Å². The van der Waals surface area contributed by atoms with Crippen LogP contribution in [0.15, 0.2) is 0 Å². The van der Waals surface area contributed by atoms with Crippen LogP contribution in [0.2, 0.25) is 0 Å². The molecule has 0 saturated heterocycles. The first kappa shape index (κ1) is 15.4. The van der Waals surface area contributed by atoms with E-state index in [4.69, 9.17) is 10.2 Å². The second kappa shape index (κ2) is 7.61. The third kappa shape index (κ3) is 8.21. The van der Waals surface area contributed by atoms with Gasteiger partial charge in [-0.2, -0.15) is 0 Å². The van der Waals surface area contributed by atoms with Gasteiger partial charge in [0.15, 0.2) is 0 Å². The summed E-state index contributed by atoms with van der Waals surface area (Å²) in [5, 5.41) is 20.1. The van der Waals surface area contributed by atoms with Crippen molar-refractivity contribution in [2.75, 3.05) is 19.6 Å². The minimum Gasteiger partial charge on any atom is -0.480 e. The maximum absolute atomic E-state index is 11.6. The molecule has 0 atom stereocenters. The van der Waals surface area contributed by atoms with Crippen molar-refractivity contribution >= 4 is 17.8 Å². The van der Waals surface area contributed by atoms with Crippen molar-refractivity contribution < 1.29 is 24.6 Å². The van der Waals surface area contributed by atoms with Gasteiger partial charge in [-0.05, 0) is 0 Å². The Morgan fingerprint density at radius 1 is 1.12 bits per heavy atom. The molecule has 0 heterocycles. The molecule has 0 aromatic carbocycles. The summed E-state index contributed by atoms with van der Waals surface area (Å²) in [6.07, 6.45) is 0.0821. The van der Waals surface area contributed by atoms with Crippen LogP contribution in [-0.2, 0) is 14.4 Å². The maximum atomic E-state index is 11.6. The van der Waals surface area contributed by atoms with E-state index in [1.165, 1.54) is 0 Å². The highest BCUT2D eigenvalue weighted by atomic mass is 16.4. The lowest BCUT2D eigenvalue weighted by Gasteiger charge is -2.18. The standard InChI is InChI=1S/C10H18N2O5/c1-7(2)11-4-3-8(13)12(5-9(14)15)6-10(16)17/h7,11H,3-6H2,1-2H3,(H,14,15)(H,16,17). The molecule has 1 amide bonds. The number of hydrogen-bond acceptors (Lipinski definition) is 4. The van der Waals surface area contributed by atoms with Gasteiger partial charge in [0.05, 0.1) is 0 Å². The number of carbonyl (C=O) groups excluding carboxylic acids is 1. The zero-order chi connectivity index (χ0) is 13.4. The van der Waals surface area contributed by atoms with Crippen LogP contribution in [0.25, 0.3) is 0 Å². The van der Waals surface area contributed by atoms with E-state index in [1.807, 2.05) is 13.8 Å². The fraction of sp³-hybridized carbons (Fsp3) is 0.700. The summed E-state index contributed by atoms with van der Waals surface area (Å²) >= 11 is 0. The summed E-state index contributed by atoms with van der Waals surface area (Å²) < 4.78 is 0. The molecular weight excluding hydrogens is 228 g/mol. The smallest absolute Gasteiger partial charge is 0.323 e. The van der Waals surface area contributed by atoms with Gasteiger partial charge < -0.3 is 20.4 Å². The number of rotatable bonds is 8. The minimum atomic E-state index is -1.23. The number of carbonyl (C=O) groups is 3. The van der Waals surface area contributed by atoms with Crippen molar-refractivity contribution in [2.45, 2.75) is 26.3 Å². The summed E-state index contributed by atoms with van der Waals surface area (Å²) in [6.45, 7) is 3.04. The van der Waals surface area contributed by atoms with Crippen LogP contribution >= 0.6 is 0 Å². The molecule has 0 unspecified atom stereocenters. The van der Waals surface area contributed by atoms with Crippen LogP contribution < -0.4 is 5.32 Å². The lowest BCUT2D eigenvalue weighted by atomic mass is 10.3. The average Bonchev–Trinajstić information content (AvgIpc) is 2.14. The Hall–Kier alpha value is -1.63. The van der Waals surface area contributed by atoms with Gasteiger partial charge in [-0.15, -0.1) is 0 Å². The molecule has 0 rings (SSSR count). The van der Waals surface area contributed by atoms with E-state index < -0.39 is 30.9 Å². The molecule has 0 aliphatic rings. The Kier molecular flexibility index (Phi) is 6.88. The first-order valence-electron chi connectivity index (χ1n) is 5.27. The average molecular weight is 246 g/mol. The van der Waals surface area contributed by atoms with Gasteiger partial charge in [0.25, 0.3) is 0 Å². The van der Waals surface area contributed by atoms with Gasteiger partial charge in [-0.25, -0.2) is 0 Å². The zero-order valence-electron chi connectivity index (χ0n) is 9.97. The normalized spacial score (nSPS) is 10.3. The summed E-state index contributed by atoms with van der Waals surface area (Å²) in [5.74, 6) is -2.93. The van der Waals surface area contributed by atoms with Crippen LogP contribution in [0.1, 0.15) is 20.3 Å². The molecule has 0 bridgehead atoms. The lowest BCUT2D eigenvalue weighted by Crippen LogP contribution is -2.40. The van der Waals surface area contributed by atoms with Gasteiger partial charge in [0.2, 0.25) is 5.91 Å². The van der Waals surface area contributed by atoms with Gasteiger partial charge in [0.1, 0.15) is 13.1 Å². The van der Waals surface area contributed by atoms with Gasteiger partial charge in [-0.1, -0.05) is 13.8 Å². The van der Waals surface area contributed by atoms with Crippen molar-refractivity contribution in [3.05, 3.63) is 0 Å². The number of carboxylic acid groups (broad SMARTS) is 2. The molecule has 17 heavy (non-hydrogen) atoms. The molecule has 0 radical (unpaired) electrons. The maximum Gasteiger partial charge on any atom is 0.323 e. The number of nitrogens with zero attached hydrogens (tertiary/aromatic N) is 1. The molecule has 0 fully saturated rings. The van der Waals surface area contributed by atoms with E-state index in [2.05, 4.69) is 5.32 Å². The number of aliphatic carboxylic acids is 2. The second-order valence-electron chi connectivity index (χ2n) is 3.90. The molecule has 0 spiro atoms. The second-order valence-corrected chi connectivity index (χ2v) is 3.90. The quantitative estimate of drug-likeness (QED) is 0.526. The van der Waals surface area contributed by atoms with Crippen LogP contribution in [0.5, 0.6) is 0 Å². The van der Waals surface area contributed by atoms with Gasteiger partial charge in [-0.3, -0.25) is 14.4 Å². The van der Waals surface area contributed by atoms with E-state index in [0.717, 1.165) is 4.90 Å². The molecular formula is C10H18N2O5. The van der Waals surface area contributed by atoms with Crippen LogP contribution in [0.4, 0.5) is 0 Å². The number of carboxylic acids is 2. The van der Waals surface area contributed by atoms with Crippen molar-refractivity contribution in [3.63, 3.8) is 0 Å². The highest BCUT2D eigenvalue weighted by Gasteiger charge is 2.18. The minimum absolute atomic E-state index is 0.0821. The molecule has 0 aliphatic carbocycles. The Bertz CT molecular complexity index is 274. The van der Waals surface area contributed by atoms with Crippen molar-refractivity contribution in [2.24, 2.45) is 0 Å².